The summed E-state index contributed by atoms with van der Waals surface area (Å²) in [6.45, 7) is 11.6. The first kappa shape index (κ1) is 42.7. The van der Waals surface area contributed by atoms with E-state index in [2.05, 4.69) is 20.3 Å². The van der Waals surface area contributed by atoms with Crippen molar-refractivity contribution in [1.82, 2.24) is 25.2 Å². The highest BCUT2D eigenvalue weighted by Crippen LogP contribution is 2.46. The zero-order valence-corrected chi connectivity index (χ0v) is 34.3. The maximum atomic E-state index is 14.7. The molecule has 56 heavy (non-hydrogen) atoms. The van der Waals surface area contributed by atoms with E-state index in [1.807, 2.05) is 51.1 Å². The maximum absolute atomic E-state index is 14.7. The molecule has 1 aromatic heterocycles. The van der Waals surface area contributed by atoms with Gasteiger partial charge in [-0.15, -0.1) is 0 Å². The van der Waals surface area contributed by atoms with Crippen molar-refractivity contribution in [2.75, 3.05) is 26.9 Å². The summed E-state index contributed by atoms with van der Waals surface area (Å²) in [7, 11) is -2.32. The van der Waals surface area contributed by atoms with Gasteiger partial charge in [-0.3, -0.25) is 19.1 Å². The summed E-state index contributed by atoms with van der Waals surface area (Å²) in [5.74, 6) is -1.95. The van der Waals surface area contributed by atoms with Crippen LogP contribution in [0.5, 0.6) is 11.6 Å². The van der Waals surface area contributed by atoms with E-state index in [4.69, 9.17) is 18.9 Å². The second-order valence-corrected chi connectivity index (χ2v) is 17.9. The number of benzene rings is 1. The Labute approximate surface area is 329 Å². The molecule has 4 amide bonds. The molecular weight excluding hydrogens is 743 g/mol. The highest BCUT2D eigenvalue weighted by molar-refractivity contribution is 7.91. The fourth-order valence-corrected chi connectivity index (χ4v) is 8.43. The topological polar surface area (TPSA) is 192 Å². The van der Waals surface area contributed by atoms with Crippen molar-refractivity contribution in [3.05, 3.63) is 42.6 Å². The molecule has 1 aromatic carbocycles. The van der Waals surface area contributed by atoms with E-state index in [-0.39, 0.29) is 31.2 Å². The van der Waals surface area contributed by atoms with Crippen LogP contribution in [-0.4, -0.2) is 104 Å². The third kappa shape index (κ3) is 10.3. The lowest BCUT2D eigenvalue weighted by Crippen LogP contribution is -2.59. The Balaban J connectivity index is 1.46. The van der Waals surface area contributed by atoms with Crippen LogP contribution in [0.25, 0.3) is 10.8 Å². The van der Waals surface area contributed by atoms with Gasteiger partial charge in [0.05, 0.1) is 24.6 Å². The summed E-state index contributed by atoms with van der Waals surface area (Å²) >= 11 is 0. The molecule has 2 aromatic rings. The zero-order chi connectivity index (χ0) is 40.8. The van der Waals surface area contributed by atoms with Gasteiger partial charge in [-0.05, 0) is 64.9 Å². The van der Waals surface area contributed by atoms with Gasteiger partial charge >= 0.3 is 6.09 Å². The van der Waals surface area contributed by atoms with Crippen molar-refractivity contribution in [3.8, 4) is 11.6 Å². The molecule has 3 N–H and O–H groups in total. The van der Waals surface area contributed by atoms with E-state index in [0.717, 1.165) is 11.8 Å². The molecule has 3 fully saturated rings. The average molecular weight is 800 g/mol. The van der Waals surface area contributed by atoms with Crippen LogP contribution in [0, 0.1) is 11.8 Å². The third-order valence-corrected chi connectivity index (χ3v) is 12.0. The number of fused-ring (bicyclic) bond motifs is 1. The number of hydrogen-bond donors (Lipinski definition) is 3. The molecule has 1 aliphatic heterocycles. The van der Waals surface area contributed by atoms with Crippen LogP contribution in [0.2, 0.25) is 0 Å². The van der Waals surface area contributed by atoms with Crippen molar-refractivity contribution >= 4 is 44.6 Å². The number of rotatable bonds is 18. The number of aromatic nitrogens is 1. The van der Waals surface area contributed by atoms with Crippen LogP contribution in [0.3, 0.4) is 0 Å². The fraction of sp³-hybridized carbons (Fsp3) is 0.625. The van der Waals surface area contributed by atoms with Crippen LogP contribution < -0.4 is 24.8 Å². The van der Waals surface area contributed by atoms with Crippen molar-refractivity contribution in [2.45, 2.75) is 121 Å². The molecule has 5 rings (SSSR count). The summed E-state index contributed by atoms with van der Waals surface area (Å²) < 4.78 is 50.9. The number of alkyl carbamates (subject to hydrolysis) is 1. The number of allylic oxidation sites excluding steroid dienone is 1. The van der Waals surface area contributed by atoms with E-state index in [0.29, 0.717) is 50.0 Å². The molecule has 0 bridgehead atoms. The third-order valence-electron chi connectivity index (χ3n) is 10.2. The lowest BCUT2D eigenvalue weighted by molar-refractivity contribution is -0.142. The number of nitrogens with zero attached hydrogens (tertiary/aromatic N) is 2. The number of carbonyl (C=O) groups is 4. The summed E-state index contributed by atoms with van der Waals surface area (Å²) in [4.78, 5) is 61.9. The molecule has 2 heterocycles. The van der Waals surface area contributed by atoms with Crippen LogP contribution in [0.15, 0.2) is 42.6 Å². The Morgan fingerprint density at radius 1 is 1.09 bits per heavy atom. The van der Waals surface area contributed by atoms with Gasteiger partial charge in [-0.25, -0.2) is 18.2 Å². The highest BCUT2D eigenvalue weighted by atomic mass is 32.2. The van der Waals surface area contributed by atoms with Crippen molar-refractivity contribution in [3.63, 3.8) is 0 Å². The molecule has 308 valence electrons. The molecular formula is C40H57N5O10S. The number of sulfonamides is 1. The Kier molecular flexibility index (Phi) is 13.6. The van der Waals surface area contributed by atoms with E-state index < -0.39 is 74.3 Å². The second kappa shape index (κ2) is 17.8. The van der Waals surface area contributed by atoms with E-state index in [1.54, 1.807) is 40.2 Å². The average Bonchev–Trinajstić information content (AvgIpc) is 4.06. The molecule has 6 atom stereocenters. The predicted molar refractivity (Wildman–Crippen MR) is 209 cm³/mol. The Morgan fingerprint density at radius 3 is 2.45 bits per heavy atom. The standard InChI is InChI=1S/C40H57N5O10S/c1-8-10-14-26-22-40(26,37(48)44-56(50,51)28-17-18-28)43-34(46)31-21-27(54-35-30-16-12-11-15-29(30)32(23-41-35)53-20-19-52-7)24-45(31)36(47)33(25(3)13-9-2)42-38(49)55-39(4,5)6/h10-12,14-16,23,25-28,31,33H,8-9,13,17-22,24H2,1-7H3,(H,42,49)(H,43,46)(H,44,48)/b14-10-/t25-,26-,27-,31+,33+,40-/m1/s1. The Hall–Kier alpha value is -4.44. The summed E-state index contributed by atoms with van der Waals surface area (Å²) in [5, 5.41) is 6.40. The van der Waals surface area contributed by atoms with Gasteiger partial charge in [0.25, 0.3) is 5.91 Å². The molecule has 16 heteroatoms. The van der Waals surface area contributed by atoms with Gasteiger partial charge in [0.2, 0.25) is 27.7 Å². The zero-order valence-electron chi connectivity index (χ0n) is 33.5. The quantitative estimate of drug-likeness (QED) is 0.143. The molecule has 1 saturated heterocycles. The molecule has 0 radical (unpaired) electrons. The second-order valence-electron chi connectivity index (χ2n) is 16.0. The number of ether oxygens (including phenoxy) is 4. The van der Waals surface area contributed by atoms with Gasteiger partial charge in [-0.2, -0.15) is 0 Å². The minimum Gasteiger partial charge on any atom is -0.489 e. The highest BCUT2D eigenvalue weighted by Gasteiger charge is 2.62. The maximum Gasteiger partial charge on any atom is 0.408 e. The minimum atomic E-state index is -3.91. The molecule has 0 unspecified atom stereocenters. The predicted octanol–water partition coefficient (Wildman–Crippen LogP) is 4.39. The molecule has 2 saturated carbocycles. The molecule has 0 spiro atoms. The van der Waals surface area contributed by atoms with Gasteiger partial charge in [0.15, 0.2) is 0 Å². The van der Waals surface area contributed by atoms with E-state index in [1.165, 1.54) is 4.90 Å². The number of methoxy groups -OCH3 is 1. The van der Waals surface area contributed by atoms with Crippen LogP contribution in [-0.2, 0) is 33.9 Å². The first-order valence-electron chi connectivity index (χ1n) is 19.5. The van der Waals surface area contributed by atoms with E-state index >= 15 is 0 Å². The van der Waals surface area contributed by atoms with Crippen molar-refractivity contribution in [1.29, 1.82) is 0 Å². The van der Waals surface area contributed by atoms with Gasteiger partial charge < -0.3 is 34.5 Å². The van der Waals surface area contributed by atoms with Crippen molar-refractivity contribution in [2.24, 2.45) is 11.8 Å². The van der Waals surface area contributed by atoms with Crippen LogP contribution in [0.4, 0.5) is 4.79 Å². The van der Waals surface area contributed by atoms with Crippen LogP contribution in [0.1, 0.15) is 86.5 Å². The molecule has 3 aliphatic rings. The molecule has 15 nitrogen and oxygen atoms in total. The fourth-order valence-electron chi connectivity index (χ4n) is 7.07. The van der Waals surface area contributed by atoms with E-state index in [9.17, 15) is 27.6 Å². The number of carbonyl (C=O) groups excluding carboxylic acids is 4. The number of amides is 4. The lowest BCUT2D eigenvalue weighted by Gasteiger charge is -2.32. The lowest BCUT2D eigenvalue weighted by atomic mass is 9.95. The Morgan fingerprint density at radius 2 is 1.80 bits per heavy atom. The summed E-state index contributed by atoms with van der Waals surface area (Å²) in [6, 6.07) is 5.22. The number of hydrogen-bond acceptors (Lipinski definition) is 11. The van der Waals surface area contributed by atoms with Gasteiger partial charge in [-0.1, -0.05) is 57.5 Å². The first-order chi connectivity index (χ1) is 26.5. The SMILES string of the molecule is CC/C=C\[C@@H]1C[C@]1(NC(=O)[C@@H]1C[C@@H](Oc2ncc(OCCOC)c3ccccc23)CN1C(=O)[C@@H](NC(=O)OC(C)(C)C)[C@H](C)CCC)C(=O)NS(=O)(=O)C1CC1. The van der Waals surface area contributed by atoms with Crippen molar-refractivity contribution < 1.29 is 46.5 Å². The van der Waals surface area contributed by atoms with Gasteiger partial charge in [0.1, 0.15) is 41.7 Å². The summed E-state index contributed by atoms with van der Waals surface area (Å²) in [5.41, 5.74) is -2.35. The van der Waals surface area contributed by atoms with Gasteiger partial charge in [0, 0.05) is 30.2 Å². The number of likely N-dealkylation sites (tertiary alicyclic amines) is 1. The number of pyridine rings is 1. The number of nitrogens with one attached hydrogen (secondary N) is 3. The largest absolute Gasteiger partial charge is 0.489 e. The molecule has 2 aliphatic carbocycles. The summed E-state index contributed by atoms with van der Waals surface area (Å²) in [6.07, 6.45) is 6.86. The normalized spacial score (nSPS) is 23.3. The first-order valence-corrected chi connectivity index (χ1v) is 21.1. The van der Waals surface area contributed by atoms with Crippen LogP contribution >= 0.6 is 0 Å². The Bertz CT molecular complexity index is 1890. The monoisotopic (exact) mass is 799 g/mol. The minimum absolute atomic E-state index is 0.0223. The smallest absolute Gasteiger partial charge is 0.408 e.